The summed E-state index contributed by atoms with van der Waals surface area (Å²) in [5, 5.41) is 13.9. The first kappa shape index (κ1) is 14.0. The summed E-state index contributed by atoms with van der Waals surface area (Å²) in [5.41, 5.74) is 2.76. The van der Waals surface area contributed by atoms with Crippen LogP contribution >= 0.6 is 11.3 Å². The number of rotatable bonds is 4. The summed E-state index contributed by atoms with van der Waals surface area (Å²) in [6.07, 6.45) is 4.82. The van der Waals surface area contributed by atoms with Gasteiger partial charge >= 0.3 is 6.03 Å². The van der Waals surface area contributed by atoms with E-state index < -0.39 is 0 Å². The molecule has 6 heteroatoms. The van der Waals surface area contributed by atoms with Gasteiger partial charge in [0.2, 0.25) is 5.13 Å². The Morgan fingerprint density at radius 3 is 2.67 bits per heavy atom. The third-order valence-electron chi connectivity index (χ3n) is 3.90. The second-order valence-electron chi connectivity index (χ2n) is 5.28. The van der Waals surface area contributed by atoms with Gasteiger partial charge in [-0.2, -0.15) is 0 Å². The molecule has 1 saturated carbocycles. The van der Waals surface area contributed by atoms with Gasteiger partial charge in [-0.1, -0.05) is 54.5 Å². The van der Waals surface area contributed by atoms with Gasteiger partial charge in [0.15, 0.2) is 0 Å². The van der Waals surface area contributed by atoms with Crippen LogP contribution < -0.4 is 10.6 Å². The third-order valence-corrected chi connectivity index (χ3v) is 4.50. The second kappa shape index (κ2) is 6.67. The molecule has 2 N–H and O–H groups in total. The van der Waals surface area contributed by atoms with Crippen molar-refractivity contribution in [3.8, 4) is 0 Å². The maximum atomic E-state index is 12.2. The summed E-state index contributed by atoms with van der Waals surface area (Å²) in [4.78, 5) is 12.2. The quantitative estimate of drug-likeness (QED) is 0.907. The average Bonchev–Trinajstić information content (AvgIpc) is 3.19. The molecule has 2 amide bonds. The van der Waals surface area contributed by atoms with Crippen molar-refractivity contribution in [3.05, 3.63) is 41.4 Å². The smallest absolute Gasteiger partial charge is 0.321 e. The molecule has 0 spiro atoms. The second-order valence-corrected chi connectivity index (χ2v) is 6.11. The summed E-state index contributed by atoms with van der Waals surface area (Å²) in [5.74, 6) is 0.507. The van der Waals surface area contributed by atoms with Crippen LogP contribution in [0, 0.1) is 5.92 Å². The predicted molar refractivity (Wildman–Crippen MR) is 83.2 cm³/mol. The Labute approximate surface area is 127 Å². The molecule has 1 atom stereocenters. The van der Waals surface area contributed by atoms with Gasteiger partial charge in [-0.3, -0.25) is 5.32 Å². The Hall–Kier alpha value is -1.95. The molecule has 1 aromatic heterocycles. The fourth-order valence-corrected chi connectivity index (χ4v) is 3.37. The number of benzene rings is 1. The average molecular weight is 302 g/mol. The van der Waals surface area contributed by atoms with Crippen LogP contribution in [0.1, 0.15) is 37.3 Å². The largest absolute Gasteiger partial charge is 0.331 e. The van der Waals surface area contributed by atoms with Gasteiger partial charge in [0.05, 0.1) is 6.04 Å². The summed E-state index contributed by atoms with van der Waals surface area (Å²) >= 11 is 1.31. The van der Waals surface area contributed by atoms with Crippen LogP contribution in [0.5, 0.6) is 0 Å². The van der Waals surface area contributed by atoms with Gasteiger partial charge in [0.1, 0.15) is 5.51 Å². The molecule has 1 heterocycles. The minimum Gasteiger partial charge on any atom is -0.331 e. The number of amides is 2. The Bertz CT molecular complexity index is 567. The van der Waals surface area contributed by atoms with E-state index in [2.05, 4.69) is 33.0 Å². The zero-order chi connectivity index (χ0) is 14.5. The monoisotopic (exact) mass is 302 g/mol. The van der Waals surface area contributed by atoms with Crippen LogP contribution in [0.15, 0.2) is 35.8 Å². The Morgan fingerprint density at radius 2 is 2.00 bits per heavy atom. The standard InChI is InChI=1S/C15H18N4OS/c20-14(18-15-19-16-10-21-15)17-13(12-8-4-5-9-12)11-6-2-1-3-7-11/h1-3,6-7,10,12-13H,4-5,8-9H2,(H2,17,18,19,20). The summed E-state index contributed by atoms with van der Waals surface area (Å²) in [7, 11) is 0. The molecule has 2 aromatic rings. The number of nitrogens with one attached hydrogen (secondary N) is 2. The van der Waals surface area contributed by atoms with Gasteiger partial charge in [-0.05, 0) is 24.3 Å². The van der Waals surface area contributed by atoms with Crippen LogP contribution in [0.25, 0.3) is 0 Å². The highest BCUT2D eigenvalue weighted by atomic mass is 32.1. The van der Waals surface area contributed by atoms with Gasteiger partial charge in [-0.25, -0.2) is 4.79 Å². The molecule has 1 aliphatic rings. The SMILES string of the molecule is O=C(Nc1nncs1)NC(c1ccccc1)C1CCCC1. The lowest BCUT2D eigenvalue weighted by atomic mass is 9.92. The molecule has 1 fully saturated rings. The van der Waals surface area contributed by atoms with Gasteiger partial charge in [0, 0.05) is 0 Å². The van der Waals surface area contributed by atoms with Crippen molar-refractivity contribution < 1.29 is 4.79 Å². The molecule has 5 nitrogen and oxygen atoms in total. The Kier molecular flexibility index (Phi) is 4.45. The van der Waals surface area contributed by atoms with Crippen molar-refractivity contribution in [2.45, 2.75) is 31.7 Å². The predicted octanol–water partition coefficient (Wildman–Crippen LogP) is 3.59. The summed E-state index contributed by atoms with van der Waals surface area (Å²) < 4.78 is 0. The van der Waals surface area contributed by atoms with E-state index in [-0.39, 0.29) is 12.1 Å². The van der Waals surface area contributed by atoms with E-state index in [1.54, 1.807) is 5.51 Å². The molecular weight excluding hydrogens is 284 g/mol. The number of carbonyl (C=O) groups is 1. The number of anilines is 1. The van der Waals surface area contributed by atoms with E-state index >= 15 is 0 Å². The fraction of sp³-hybridized carbons (Fsp3) is 0.400. The van der Waals surface area contributed by atoms with E-state index in [0.29, 0.717) is 11.0 Å². The molecule has 3 rings (SSSR count). The van der Waals surface area contributed by atoms with Crippen LogP contribution in [0.3, 0.4) is 0 Å². The molecule has 0 aliphatic heterocycles. The number of carbonyl (C=O) groups excluding carboxylic acids is 1. The highest BCUT2D eigenvalue weighted by Crippen LogP contribution is 2.35. The van der Waals surface area contributed by atoms with E-state index in [0.717, 1.165) is 5.56 Å². The van der Waals surface area contributed by atoms with E-state index in [4.69, 9.17) is 0 Å². The zero-order valence-electron chi connectivity index (χ0n) is 11.7. The number of hydrogen-bond acceptors (Lipinski definition) is 4. The van der Waals surface area contributed by atoms with E-state index in [1.807, 2.05) is 18.2 Å². The summed E-state index contributed by atoms with van der Waals surface area (Å²) in [6, 6.07) is 10.0. The van der Waals surface area contributed by atoms with Crippen molar-refractivity contribution in [1.29, 1.82) is 0 Å². The highest BCUT2D eigenvalue weighted by Gasteiger charge is 2.27. The number of nitrogens with zero attached hydrogens (tertiary/aromatic N) is 2. The lowest BCUT2D eigenvalue weighted by molar-refractivity contribution is 0.242. The first-order valence-electron chi connectivity index (χ1n) is 7.21. The van der Waals surface area contributed by atoms with Crippen LogP contribution in [-0.4, -0.2) is 16.2 Å². The maximum absolute atomic E-state index is 12.2. The molecule has 110 valence electrons. The van der Waals surface area contributed by atoms with Crippen LogP contribution in [0.4, 0.5) is 9.93 Å². The van der Waals surface area contributed by atoms with Crippen LogP contribution in [-0.2, 0) is 0 Å². The molecule has 1 unspecified atom stereocenters. The number of aromatic nitrogens is 2. The third kappa shape index (κ3) is 3.58. The van der Waals surface area contributed by atoms with Gasteiger partial charge in [0.25, 0.3) is 0 Å². The first-order chi connectivity index (χ1) is 10.3. The molecule has 1 aromatic carbocycles. The molecule has 21 heavy (non-hydrogen) atoms. The Balaban J connectivity index is 1.71. The molecule has 1 aliphatic carbocycles. The summed E-state index contributed by atoms with van der Waals surface area (Å²) in [6.45, 7) is 0. The molecule has 0 saturated heterocycles. The van der Waals surface area contributed by atoms with Crippen molar-refractivity contribution in [2.24, 2.45) is 5.92 Å². The highest BCUT2D eigenvalue weighted by molar-refractivity contribution is 7.13. The maximum Gasteiger partial charge on any atom is 0.321 e. The zero-order valence-corrected chi connectivity index (χ0v) is 12.5. The first-order valence-corrected chi connectivity index (χ1v) is 8.09. The van der Waals surface area contributed by atoms with Crippen molar-refractivity contribution in [2.75, 3.05) is 5.32 Å². The van der Waals surface area contributed by atoms with E-state index in [9.17, 15) is 4.79 Å². The number of urea groups is 1. The minimum atomic E-state index is -0.215. The topological polar surface area (TPSA) is 66.9 Å². The lowest BCUT2D eigenvalue weighted by Crippen LogP contribution is -2.35. The van der Waals surface area contributed by atoms with Crippen molar-refractivity contribution in [3.63, 3.8) is 0 Å². The molecule has 0 bridgehead atoms. The van der Waals surface area contributed by atoms with Gasteiger partial charge in [-0.15, -0.1) is 10.2 Å². The van der Waals surface area contributed by atoms with E-state index in [1.165, 1.54) is 37.0 Å². The van der Waals surface area contributed by atoms with Crippen molar-refractivity contribution in [1.82, 2.24) is 15.5 Å². The Morgan fingerprint density at radius 1 is 1.24 bits per heavy atom. The molecular formula is C15H18N4OS. The normalized spacial score (nSPS) is 16.6. The molecule has 0 radical (unpaired) electrons. The van der Waals surface area contributed by atoms with Crippen molar-refractivity contribution >= 4 is 22.5 Å². The fourth-order valence-electron chi connectivity index (χ4n) is 2.93. The van der Waals surface area contributed by atoms with Gasteiger partial charge < -0.3 is 5.32 Å². The van der Waals surface area contributed by atoms with Crippen LogP contribution in [0.2, 0.25) is 0 Å². The minimum absolute atomic E-state index is 0.0571. The number of hydrogen-bond donors (Lipinski definition) is 2. The lowest BCUT2D eigenvalue weighted by Gasteiger charge is -2.25.